The molecule has 0 spiro atoms. The van der Waals surface area contributed by atoms with Crippen LogP contribution in [0.25, 0.3) is 21.9 Å². The number of nitrogens with one attached hydrogen (secondary N) is 3. The number of hydrogen-bond donors (Lipinski definition) is 4. The molecule has 0 aromatic heterocycles. The number of anilines is 2. The third kappa shape index (κ3) is 7.94. The van der Waals surface area contributed by atoms with Crippen molar-refractivity contribution in [2.75, 3.05) is 43.7 Å². The van der Waals surface area contributed by atoms with Gasteiger partial charge in [0.2, 0.25) is 11.8 Å². The zero-order valence-corrected chi connectivity index (χ0v) is 32.5. The Bertz CT molecular complexity index is 2350. The predicted molar refractivity (Wildman–Crippen MR) is 220 cm³/mol. The van der Waals surface area contributed by atoms with E-state index in [4.69, 9.17) is 9.47 Å². The summed E-state index contributed by atoms with van der Waals surface area (Å²) < 4.78 is 11.4. The molecular formula is C45H45N5O8. The molecule has 0 radical (unpaired) electrons. The van der Waals surface area contributed by atoms with Crippen LogP contribution in [0.4, 0.5) is 16.2 Å². The van der Waals surface area contributed by atoms with Gasteiger partial charge < -0.3 is 40.3 Å². The first-order valence-electron chi connectivity index (χ1n) is 19.2. The largest absolute Gasteiger partial charge is 0.496 e. The monoisotopic (exact) mass is 783 g/mol. The molecule has 2 aliphatic rings. The van der Waals surface area contributed by atoms with E-state index >= 15 is 0 Å². The SMILES string of the molecule is CN[C@@H](C)C(=O)N[C@H]1CN(C(=O)CCCNC(=O)OCC2c3ccccc3-c3ccccc32)c2ccccc2N(Cc2c(OC)ccc3cc(C(=O)O)ccc23)C1=O. The number of likely N-dealkylation sites (N-methyl/N-ethyl adjacent to an activating group) is 1. The number of ether oxygens (including phenoxy) is 2. The molecule has 2 atom stereocenters. The first kappa shape index (κ1) is 39.5. The van der Waals surface area contributed by atoms with Crippen molar-refractivity contribution in [3.05, 3.63) is 125 Å². The van der Waals surface area contributed by atoms with Gasteiger partial charge in [0.15, 0.2) is 0 Å². The standard InChI is InChI=1S/C45H45N5O8/c1-27(46-2)42(52)48-37-25-49(41(51)17-10-22-47-45(56)58-26-36-33-13-6-4-11-31(33)32-12-5-7-14-34(32)36)38-15-8-9-16-39(38)50(43(37)53)24-35-30-20-18-29(44(54)55)23-28(30)19-21-40(35)57-3/h4-9,11-16,18-21,23,27,36-37,46H,10,17,22,24-26H2,1-3H3,(H,47,56)(H,48,52)(H,54,55)/t27-,37-/m0/s1. The molecule has 0 fully saturated rings. The van der Waals surface area contributed by atoms with Crippen LogP contribution < -0.4 is 30.5 Å². The van der Waals surface area contributed by atoms with E-state index in [0.717, 1.165) is 22.3 Å². The van der Waals surface area contributed by atoms with Crippen molar-refractivity contribution in [2.24, 2.45) is 0 Å². The van der Waals surface area contributed by atoms with Crippen LogP contribution in [0.2, 0.25) is 0 Å². The molecule has 0 saturated heterocycles. The second-order valence-corrected chi connectivity index (χ2v) is 14.3. The van der Waals surface area contributed by atoms with Gasteiger partial charge in [-0.1, -0.05) is 72.8 Å². The van der Waals surface area contributed by atoms with Crippen LogP contribution in [-0.4, -0.2) is 80.8 Å². The molecule has 5 aromatic carbocycles. The van der Waals surface area contributed by atoms with Crippen LogP contribution in [0.5, 0.6) is 5.75 Å². The Morgan fingerprint density at radius 2 is 1.55 bits per heavy atom. The summed E-state index contributed by atoms with van der Waals surface area (Å²) in [5.41, 5.74) is 6.13. The molecule has 0 unspecified atom stereocenters. The summed E-state index contributed by atoms with van der Waals surface area (Å²) >= 11 is 0. The smallest absolute Gasteiger partial charge is 0.407 e. The maximum Gasteiger partial charge on any atom is 0.407 e. The molecule has 1 aliphatic carbocycles. The number of methoxy groups -OCH3 is 1. The lowest BCUT2D eigenvalue weighted by Gasteiger charge is -2.27. The number of carboxylic acid groups (broad SMARTS) is 1. The first-order valence-corrected chi connectivity index (χ1v) is 19.2. The van der Waals surface area contributed by atoms with Crippen molar-refractivity contribution >= 4 is 51.9 Å². The maximum absolute atomic E-state index is 14.6. The summed E-state index contributed by atoms with van der Waals surface area (Å²) in [5.74, 6) is -1.84. The van der Waals surface area contributed by atoms with Crippen LogP contribution in [0, 0.1) is 0 Å². The number of amides is 4. The Balaban J connectivity index is 1.08. The number of carboxylic acids is 1. The molecule has 7 rings (SSSR count). The molecule has 1 heterocycles. The zero-order chi connectivity index (χ0) is 40.9. The van der Waals surface area contributed by atoms with E-state index in [9.17, 15) is 29.1 Å². The summed E-state index contributed by atoms with van der Waals surface area (Å²) in [6, 6.07) is 29.7. The van der Waals surface area contributed by atoms with Gasteiger partial charge in [-0.3, -0.25) is 14.4 Å². The molecule has 4 amide bonds. The Kier molecular flexibility index (Phi) is 11.7. The number of benzene rings is 5. The summed E-state index contributed by atoms with van der Waals surface area (Å²) in [5, 5.41) is 19.5. The van der Waals surface area contributed by atoms with Gasteiger partial charge in [-0.25, -0.2) is 9.59 Å². The van der Waals surface area contributed by atoms with Crippen molar-refractivity contribution < 1.29 is 38.6 Å². The van der Waals surface area contributed by atoms with Crippen LogP contribution in [0.1, 0.15) is 52.7 Å². The number of nitrogens with zero attached hydrogens (tertiary/aromatic N) is 2. The Labute approximate surface area is 335 Å². The highest BCUT2D eigenvalue weighted by Gasteiger charge is 2.38. The van der Waals surface area contributed by atoms with Gasteiger partial charge in [-0.15, -0.1) is 0 Å². The molecule has 4 N–H and O–H groups in total. The summed E-state index contributed by atoms with van der Waals surface area (Å²) in [7, 11) is 3.15. The van der Waals surface area contributed by atoms with E-state index in [0.29, 0.717) is 39.9 Å². The molecule has 0 bridgehead atoms. The van der Waals surface area contributed by atoms with Crippen molar-refractivity contribution in [2.45, 2.75) is 44.3 Å². The number of hydrogen-bond acceptors (Lipinski definition) is 8. The number of alkyl carbamates (subject to hydrolysis) is 1. The van der Waals surface area contributed by atoms with E-state index in [1.54, 1.807) is 62.5 Å². The topological polar surface area (TPSA) is 167 Å². The van der Waals surface area contributed by atoms with Crippen LogP contribution >= 0.6 is 0 Å². The average molecular weight is 784 g/mol. The van der Waals surface area contributed by atoms with Crippen LogP contribution in [0.15, 0.2) is 103 Å². The van der Waals surface area contributed by atoms with E-state index in [2.05, 4.69) is 40.2 Å². The maximum atomic E-state index is 14.6. The number of carbonyl (C=O) groups is 5. The van der Waals surface area contributed by atoms with E-state index in [1.807, 2.05) is 24.3 Å². The quantitative estimate of drug-likeness (QED) is 0.107. The number of aromatic carboxylic acids is 1. The fourth-order valence-electron chi connectivity index (χ4n) is 7.76. The van der Waals surface area contributed by atoms with Crippen LogP contribution in [0.3, 0.4) is 0 Å². The predicted octanol–water partition coefficient (Wildman–Crippen LogP) is 5.84. The Hall–Kier alpha value is -6.73. The molecule has 58 heavy (non-hydrogen) atoms. The number of para-hydroxylation sites is 2. The van der Waals surface area contributed by atoms with Crippen molar-refractivity contribution in [1.29, 1.82) is 0 Å². The highest BCUT2D eigenvalue weighted by molar-refractivity contribution is 6.08. The number of fused-ring (bicyclic) bond motifs is 5. The van der Waals surface area contributed by atoms with E-state index < -0.39 is 36.0 Å². The number of carbonyl (C=O) groups excluding carboxylic acids is 4. The van der Waals surface area contributed by atoms with Gasteiger partial charge in [-0.2, -0.15) is 0 Å². The molecular weight excluding hydrogens is 739 g/mol. The minimum Gasteiger partial charge on any atom is -0.496 e. The molecule has 5 aromatic rings. The summed E-state index contributed by atoms with van der Waals surface area (Å²) in [6.07, 6.45) is -0.262. The van der Waals surface area contributed by atoms with Gasteiger partial charge in [0.1, 0.15) is 18.4 Å². The van der Waals surface area contributed by atoms with Gasteiger partial charge in [-0.05, 0) is 83.8 Å². The average Bonchev–Trinajstić information content (AvgIpc) is 3.51. The van der Waals surface area contributed by atoms with Crippen molar-refractivity contribution in [3.8, 4) is 16.9 Å². The third-order valence-corrected chi connectivity index (χ3v) is 10.9. The van der Waals surface area contributed by atoms with Gasteiger partial charge in [0.25, 0.3) is 5.91 Å². The third-order valence-electron chi connectivity index (χ3n) is 10.9. The Morgan fingerprint density at radius 3 is 2.22 bits per heavy atom. The van der Waals surface area contributed by atoms with Crippen molar-refractivity contribution in [3.63, 3.8) is 0 Å². The highest BCUT2D eigenvalue weighted by atomic mass is 16.5. The van der Waals surface area contributed by atoms with E-state index in [-0.39, 0.29) is 50.1 Å². The minimum atomic E-state index is -1.13. The summed E-state index contributed by atoms with van der Waals surface area (Å²) in [4.78, 5) is 69.6. The zero-order valence-electron chi connectivity index (χ0n) is 32.5. The Morgan fingerprint density at radius 1 is 0.879 bits per heavy atom. The molecule has 13 heteroatoms. The molecule has 1 aliphatic heterocycles. The second-order valence-electron chi connectivity index (χ2n) is 14.3. The second kappa shape index (κ2) is 17.2. The minimum absolute atomic E-state index is 0.0111. The fourth-order valence-corrected chi connectivity index (χ4v) is 7.76. The van der Waals surface area contributed by atoms with E-state index in [1.165, 1.54) is 23.0 Å². The lowest BCUT2D eigenvalue weighted by Crippen LogP contribution is -2.55. The fraction of sp³-hybridized carbons (Fsp3) is 0.267. The normalized spacial score (nSPS) is 15.2. The molecule has 13 nitrogen and oxygen atoms in total. The van der Waals surface area contributed by atoms with Gasteiger partial charge >= 0.3 is 12.1 Å². The van der Waals surface area contributed by atoms with Crippen molar-refractivity contribution in [1.82, 2.24) is 16.0 Å². The molecule has 0 saturated carbocycles. The number of rotatable bonds is 13. The lowest BCUT2D eigenvalue weighted by atomic mass is 9.98. The first-order chi connectivity index (χ1) is 28.1. The lowest BCUT2D eigenvalue weighted by molar-refractivity contribution is -0.128. The molecule has 298 valence electrons. The van der Waals surface area contributed by atoms with Gasteiger partial charge in [0.05, 0.1) is 43.2 Å². The van der Waals surface area contributed by atoms with Gasteiger partial charge in [0, 0.05) is 24.4 Å². The summed E-state index contributed by atoms with van der Waals surface area (Å²) in [6.45, 7) is 1.86. The van der Waals surface area contributed by atoms with Crippen LogP contribution in [-0.2, 0) is 25.7 Å². The highest BCUT2D eigenvalue weighted by Crippen LogP contribution is 2.44.